The van der Waals surface area contributed by atoms with E-state index in [0.29, 0.717) is 23.2 Å². The molecule has 0 unspecified atom stereocenters. The second kappa shape index (κ2) is 9.75. The maximum atomic E-state index is 12.7. The Bertz CT molecular complexity index is 919. The Morgan fingerprint density at radius 2 is 1.70 bits per heavy atom. The molecule has 0 aromatic heterocycles. The van der Waals surface area contributed by atoms with Crippen molar-refractivity contribution in [2.75, 3.05) is 36.8 Å². The fraction of sp³-hybridized carbons (Fsp3) is 0.417. The average Bonchev–Trinajstić information content (AvgIpc) is 2.97. The molecule has 1 fully saturated rings. The molecule has 2 aromatic rings. The lowest BCUT2D eigenvalue weighted by molar-refractivity contribution is 0.0995. The zero-order valence-electron chi connectivity index (χ0n) is 17.2. The Balaban J connectivity index is 1.34. The maximum absolute atomic E-state index is 12.7. The van der Waals surface area contributed by atoms with E-state index in [1.807, 2.05) is 30.3 Å². The van der Waals surface area contributed by atoms with E-state index in [0.717, 1.165) is 35.2 Å². The summed E-state index contributed by atoms with van der Waals surface area (Å²) in [5.41, 5.74) is 3.82. The third kappa shape index (κ3) is 4.93. The van der Waals surface area contributed by atoms with E-state index in [1.165, 1.54) is 38.8 Å². The van der Waals surface area contributed by atoms with E-state index in [4.69, 9.17) is 0 Å². The van der Waals surface area contributed by atoms with Crippen molar-refractivity contribution >= 4 is 39.0 Å². The summed E-state index contributed by atoms with van der Waals surface area (Å²) in [6.07, 6.45) is 6.53. The zero-order valence-corrected chi connectivity index (χ0v) is 18.8. The van der Waals surface area contributed by atoms with E-state index >= 15 is 0 Å². The monoisotopic (exact) mass is 469 g/mol. The summed E-state index contributed by atoms with van der Waals surface area (Å²) in [5.74, 6) is -0.110. The molecule has 0 bridgehead atoms. The Hall–Kier alpha value is -2.18. The third-order valence-corrected chi connectivity index (χ3v) is 6.73. The van der Waals surface area contributed by atoms with Gasteiger partial charge in [0.15, 0.2) is 5.78 Å². The molecule has 2 N–H and O–H groups in total. The van der Waals surface area contributed by atoms with Gasteiger partial charge in [0.2, 0.25) is 0 Å². The molecule has 30 heavy (non-hydrogen) atoms. The van der Waals surface area contributed by atoms with Crippen LogP contribution in [0.1, 0.15) is 58.4 Å². The van der Waals surface area contributed by atoms with Crippen molar-refractivity contribution in [2.24, 2.45) is 0 Å². The largest absolute Gasteiger partial charge is 0.384 e. The van der Waals surface area contributed by atoms with E-state index in [9.17, 15) is 9.59 Å². The van der Waals surface area contributed by atoms with Crippen molar-refractivity contribution < 1.29 is 9.59 Å². The van der Waals surface area contributed by atoms with Crippen molar-refractivity contribution in [3.8, 4) is 0 Å². The first-order chi connectivity index (χ1) is 14.6. The van der Waals surface area contributed by atoms with Crippen molar-refractivity contribution in [3.63, 3.8) is 0 Å². The first kappa shape index (κ1) is 21.1. The van der Waals surface area contributed by atoms with Gasteiger partial charge in [0.1, 0.15) is 0 Å². The molecule has 1 aliphatic heterocycles. The van der Waals surface area contributed by atoms with Crippen LogP contribution in [0, 0.1) is 0 Å². The minimum absolute atomic E-state index is 0.0885. The molecule has 4 rings (SSSR count). The number of carbonyl (C=O) groups is 2. The number of likely N-dealkylation sites (tertiary alicyclic amines) is 1. The van der Waals surface area contributed by atoms with E-state index < -0.39 is 0 Å². The molecule has 5 nitrogen and oxygen atoms in total. The van der Waals surface area contributed by atoms with Gasteiger partial charge in [-0.3, -0.25) is 9.59 Å². The van der Waals surface area contributed by atoms with E-state index in [1.54, 1.807) is 6.07 Å². The normalized spacial score (nSPS) is 16.8. The van der Waals surface area contributed by atoms with Gasteiger partial charge in [0.05, 0.1) is 5.69 Å². The number of amides is 1. The number of anilines is 2. The number of Topliss-reactive ketones (excluding diaryl/α,β-unsaturated/α-hetero) is 1. The van der Waals surface area contributed by atoms with Crippen LogP contribution in [0.2, 0.25) is 0 Å². The molecule has 0 radical (unpaired) electrons. The number of nitrogens with one attached hydrogen (secondary N) is 2. The summed E-state index contributed by atoms with van der Waals surface area (Å²) in [5, 5.41) is 6.37. The SMILES string of the molecule is O=C(Nc1ccc(Br)c2c1C(=O)CC2)c1ccc(NCCN2CCCCCC2)cc1. The lowest BCUT2D eigenvalue weighted by atomic mass is 10.1. The number of fused-ring (bicyclic) bond motifs is 1. The molecule has 0 saturated carbocycles. The zero-order chi connectivity index (χ0) is 20.9. The van der Waals surface area contributed by atoms with Gasteiger partial charge in [0.25, 0.3) is 5.91 Å². The molecular weight excluding hydrogens is 442 g/mol. The predicted octanol–water partition coefficient (Wildman–Crippen LogP) is 5.12. The van der Waals surface area contributed by atoms with Crippen LogP contribution in [0.15, 0.2) is 40.9 Å². The van der Waals surface area contributed by atoms with Crippen LogP contribution in [0.5, 0.6) is 0 Å². The molecule has 2 aliphatic rings. The molecule has 0 atom stereocenters. The molecule has 6 heteroatoms. The molecule has 1 saturated heterocycles. The highest BCUT2D eigenvalue weighted by molar-refractivity contribution is 9.10. The predicted molar refractivity (Wildman–Crippen MR) is 125 cm³/mol. The number of carbonyl (C=O) groups excluding carboxylic acids is 2. The quantitative estimate of drug-likeness (QED) is 0.616. The fourth-order valence-corrected chi connectivity index (χ4v) is 4.83. The van der Waals surface area contributed by atoms with Crippen LogP contribution in [-0.4, -0.2) is 42.8 Å². The summed E-state index contributed by atoms with van der Waals surface area (Å²) < 4.78 is 0.928. The summed E-state index contributed by atoms with van der Waals surface area (Å²) in [7, 11) is 0. The van der Waals surface area contributed by atoms with Crippen LogP contribution < -0.4 is 10.6 Å². The van der Waals surface area contributed by atoms with Crippen LogP contribution in [-0.2, 0) is 6.42 Å². The first-order valence-electron chi connectivity index (χ1n) is 10.8. The van der Waals surface area contributed by atoms with Crippen molar-refractivity contribution in [1.82, 2.24) is 4.90 Å². The number of nitrogens with zero attached hydrogens (tertiary/aromatic N) is 1. The Morgan fingerprint density at radius 3 is 2.43 bits per heavy atom. The topological polar surface area (TPSA) is 61.4 Å². The lowest BCUT2D eigenvalue weighted by Crippen LogP contribution is -2.29. The molecular formula is C24H28BrN3O2. The van der Waals surface area contributed by atoms with Gasteiger partial charge in [-0.05, 0) is 74.3 Å². The summed E-state index contributed by atoms with van der Waals surface area (Å²) >= 11 is 3.50. The summed E-state index contributed by atoms with van der Waals surface area (Å²) in [6.45, 7) is 4.34. The first-order valence-corrected chi connectivity index (χ1v) is 11.6. The van der Waals surface area contributed by atoms with Crippen molar-refractivity contribution in [2.45, 2.75) is 38.5 Å². The molecule has 158 valence electrons. The number of benzene rings is 2. The minimum atomic E-state index is -0.199. The second-order valence-electron chi connectivity index (χ2n) is 8.09. The van der Waals surface area contributed by atoms with Crippen LogP contribution >= 0.6 is 15.9 Å². The van der Waals surface area contributed by atoms with Gasteiger partial charge in [-0.15, -0.1) is 0 Å². The average molecular weight is 470 g/mol. The van der Waals surface area contributed by atoms with E-state index in [2.05, 4.69) is 31.5 Å². The Kier molecular flexibility index (Phi) is 6.85. The Morgan fingerprint density at radius 1 is 0.967 bits per heavy atom. The van der Waals surface area contributed by atoms with E-state index in [-0.39, 0.29) is 11.7 Å². The standard InChI is InChI=1S/C24H28BrN3O2/c25-20-10-11-21(23-19(20)9-12-22(23)29)27-24(30)17-5-7-18(8-6-17)26-13-16-28-14-3-1-2-4-15-28/h5-8,10-11,26H,1-4,9,12-16H2,(H,27,30). The molecule has 1 aliphatic carbocycles. The second-order valence-corrected chi connectivity index (χ2v) is 8.94. The van der Waals surface area contributed by atoms with Crippen molar-refractivity contribution in [1.29, 1.82) is 0 Å². The summed E-state index contributed by atoms with van der Waals surface area (Å²) in [4.78, 5) is 27.5. The van der Waals surface area contributed by atoms with Gasteiger partial charge in [-0.1, -0.05) is 28.8 Å². The fourth-order valence-electron chi connectivity index (χ4n) is 4.31. The molecule has 1 amide bonds. The van der Waals surface area contributed by atoms with Crippen LogP contribution in [0.25, 0.3) is 0 Å². The minimum Gasteiger partial charge on any atom is -0.384 e. The highest BCUT2D eigenvalue weighted by Crippen LogP contribution is 2.34. The summed E-state index contributed by atoms with van der Waals surface area (Å²) in [6, 6.07) is 11.2. The number of ketones is 1. The van der Waals surface area contributed by atoms with Crippen LogP contribution in [0.3, 0.4) is 0 Å². The Labute approximate surface area is 186 Å². The maximum Gasteiger partial charge on any atom is 0.255 e. The van der Waals surface area contributed by atoms with Crippen molar-refractivity contribution in [3.05, 3.63) is 57.6 Å². The number of rotatable bonds is 6. The molecule has 1 heterocycles. The van der Waals surface area contributed by atoms with Gasteiger partial charge >= 0.3 is 0 Å². The third-order valence-electron chi connectivity index (χ3n) is 5.99. The van der Waals surface area contributed by atoms with Gasteiger partial charge in [-0.2, -0.15) is 0 Å². The van der Waals surface area contributed by atoms with Gasteiger partial charge in [0, 0.05) is 40.8 Å². The number of halogens is 1. The van der Waals surface area contributed by atoms with Gasteiger partial charge < -0.3 is 15.5 Å². The highest BCUT2D eigenvalue weighted by Gasteiger charge is 2.26. The molecule has 2 aromatic carbocycles. The lowest BCUT2D eigenvalue weighted by Gasteiger charge is -2.20. The van der Waals surface area contributed by atoms with Gasteiger partial charge in [-0.25, -0.2) is 0 Å². The van der Waals surface area contributed by atoms with Crippen LogP contribution in [0.4, 0.5) is 11.4 Å². The smallest absolute Gasteiger partial charge is 0.255 e. The molecule has 0 spiro atoms. The number of hydrogen-bond donors (Lipinski definition) is 2. The highest BCUT2D eigenvalue weighted by atomic mass is 79.9. The number of hydrogen-bond acceptors (Lipinski definition) is 4.